The van der Waals surface area contributed by atoms with Gasteiger partial charge in [0.2, 0.25) is 0 Å². The van der Waals surface area contributed by atoms with Gasteiger partial charge in [-0.3, -0.25) is 0 Å². The van der Waals surface area contributed by atoms with E-state index in [4.69, 9.17) is 0 Å². The van der Waals surface area contributed by atoms with Gasteiger partial charge in [0.1, 0.15) is 0 Å². The lowest BCUT2D eigenvalue weighted by Gasteiger charge is -2.14. The second-order valence-corrected chi connectivity index (χ2v) is 5.30. The molecule has 0 N–H and O–H groups in total. The van der Waals surface area contributed by atoms with Crippen LogP contribution in [-0.4, -0.2) is 30.3 Å². The molecule has 0 aromatic carbocycles. The topological polar surface area (TPSA) is 3.24 Å². The first-order valence-electron chi connectivity index (χ1n) is 6.07. The van der Waals surface area contributed by atoms with E-state index in [0.29, 0.717) is 0 Å². The van der Waals surface area contributed by atoms with Crippen LogP contribution in [0.5, 0.6) is 0 Å². The molecule has 0 saturated carbocycles. The first-order valence-corrected chi connectivity index (χ1v) is 6.70. The Hall–Kier alpha value is 0.310. The Morgan fingerprint density at radius 2 is 1.57 bits per heavy atom. The molecule has 0 amide bonds. The van der Waals surface area contributed by atoms with Crippen LogP contribution in [0.3, 0.4) is 0 Å². The van der Waals surface area contributed by atoms with Crippen molar-refractivity contribution in [3.63, 3.8) is 0 Å². The van der Waals surface area contributed by atoms with Gasteiger partial charge in [-0.1, -0.05) is 26.7 Å². The smallest absolute Gasteiger partial charge is 0.00102 e. The predicted molar refractivity (Wildman–Crippen MR) is 67.1 cm³/mol. The highest BCUT2D eigenvalue weighted by molar-refractivity contribution is 7.80. The van der Waals surface area contributed by atoms with Crippen LogP contribution in [0.4, 0.5) is 0 Å². The Morgan fingerprint density at radius 1 is 1.00 bits per heavy atom. The predicted octanol–water partition coefficient (Wildman–Crippen LogP) is 3.06. The minimum atomic E-state index is 0.910. The van der Waals surface area contributed by atoms with Crippen molar-refractivity contribution >= 4 is 12.6 Å². The highest BCUT2D eigenvalue weighted by Crippen LogP contribution is 2.22. The van der Waals surface area contributed by atoms with Crippen LogP contribution in [0.25, 0.3) is 0 Å². The van der Waals surface area contributed by atoms with E-state index >= 15 is 0 Å². The average molecular weight is 215 g/mol. The molecule has 2 heteroatoms. The van der Waals surface area contributed by atoms with Gasteiger partial charge in [0.15, 0.2) is 0 Å². The largest absolute Gasteiger partial charge is 0.303 e. The minimum Gasteiger partial charge on any atom is -0.303 e. The summed E-state index contributed by atoms with van der Waals surface area (Å²) >= 11 is 4.22. The van der Waals surface area contributed by atoms with E-state index in [1.54, 1.807) is 0 Å². The van der Waals surface area contributed by atoms with Crippen LogP contribution in [0, 0.1) is 11.8 Å². The van der Waals surface area contributed by atoms with E-state index < -0.39 is 0 Å². The molecule has 0 radical (unpaired) electrons. The molecule has 0 aromatic heterocycles. The summed E-state index contributed by atoms with van der Waals surface area (Å²) in [6, 6.07) is 0. The van der Waals surface area contributed by atoms with Gasteiger partial charge in [0, 0.05) is 13.1 Å². The van der Waals surface area contributed by atoms with Crippen molar-refractivity contribution in [2.75, 3.05) is 25.4 Å². The highest BCUT2D eigenvalue weighted by atomic mass is 32.1. The van der Waals surface area contributed by atoms with Crippen LogP contribution in [-0.2, 0) is 0 Å². The Labute approximate surface area is 94.7 Å². The SMILES string of the molecule is CC1CN(CCCCCCS)CC1C. The summed E-state index contributed by atoms with van der Waals surface area (Å²) in [6.45, 7) is 8.74. The van der Waals surface area contributed by atoms with E-state index in [0.717, 1.165) is 17.6 Å². The van der Waals surface area contributed by atoms with Gasteiger partial charge in [0.25, 0.3) is 0 Å². The summed E-state index contributed by atoms with van der Waals surface area (Å²) in [5.41, 5.74) is 0. The Bertz CT molecular complexity index is 139. The molecule has 1 rings (SSSR count). The van der Waals surface area contributed by atoms with Crippen LogP contribution in [0.2, 0.25) is 0 Å². The molecule has 1 fully saturated rings. The van der Waals surface area contributed by atoms with Gasteiger partial charge in [-0.2, -0.15) is 12.6 Å². The zero-order chi connectivity index (χ0) is 10.4. The number of nitrogens with zero attached hydrogens (tertiary/aromatic N) is 1. The van der Waals surface area contributed by atoms with Gasteiger partial charge in [-0.15, -0.1) is 0 Å². The fourth-order valence-electron chi connectivity index (χ4n) is 2.23. The Balaban J connectivity index is 1.97. The molecule has 84 valence electrons. The molecule has 1 aliphatic rings. The molecule has 0 bridgehead atoms. The lowest BCUT2D eigenvalue weighted by Crippen LogP contribution is -2.21. The maximum Gasteiger partial charge on any atom is 0.00102 e. The Morgan fingerprint density at radius 3 is 2.14 bits per heavy atom. The summed E-state index contributed by atoms with van der Waals surface area (Å²) in [4.78, 5) is 2.63. The van der Waals surface area contributed by atoms with Crippen molar-refractivity contribution in [3.8, 4) is 0 Å². The molecule has 14 heavy (non-hydrogen) atoms. The maximum atomic E-state index is 4.22. The molecule has 0 aromatic rings. The summed E-state index contributed by atoms with van der Waals surface area (Å²) in [7, 11) is 0. The monoisotopic (exact) mass is 215 g/mol. The normalized spacial score (nSPS) is 28.5. The van der Waals surface area contributed by atoms with Crippen LogP contribution >= 0.6 is 12.6 Å². The number of thiol groups is 1. The summed E-state index contributed by atoms with van der Waals surface area (Å²) < 4.78 is 0. The molecule has 1 saturated heterocycles. The van der Waals surface area contributed by atoms with Crippen molar-refractivity contribution in [1.29, 1.82) is 0 Å². The van der Waals surface area contributed by atoms with Crippen molar-refractivity contribution in [1.82, 2.24) is 4.90 Å². The molecule has 1 heterocycles. The second kappa shape index (κ2) is 6.73. The fourth-order valence-corrected chi connectivity index (χ4v) is 2.46. The second-order valence-electron chi connectivity index (χ2n) is 4.85. The van der Waals surface area contributed by atoms with E-state index in [1.165, 1.54) is 45.3 Å². The fraction of sp³-hybridized carbons (Fsp3) is 1.00. The standard InChI is InChI=1S/C12H25NS/c1-11-9-13(10-12(11)2)7-5-3-4-6-8-14/h11-12,14H,3-10H2,1-2H3. The van der Waals surface area contributed by atoms with Gasteiger partial charge in [-0.25, -0.2) is 0 Å². The molecule has 1 aliphatic heterocycles. The van der Waals surface area contributed by atoms with E-state index in [1.807, 2.05) is 0 Å². The van der Waals surface area contributed by atoms with Crippen molar-refractivity contribution in [2.45, 2.75) is 39.5 Å². The van der Waals surface area contributed by atoms with Crippen molar-refractivity contribution in [3.05, 3.63) is 0 Å². The molecule has 0 spiro atoms. The van der Waals surface area contributed by atoms with Gasteiger partial charge < -0.3 is 4.90 Å². The summed E-state index contributed by atoms with van der Waals surface area (Å²) in [6.07, 6.45) is 5.42. The van der Waals surface area contributed by atoms with Crippen molar-refractivity contribution < 1.29 is 0 Å². The van der Waals surface area contributed by atoms with E-state index in [2.05, 4.69) is 31.4 Å². The quantitative estimate of drug-likeness (QED) is 0.526. The first-order chi connectivity index (χ1) is 6.74. The molecule has 0 aliphatic carbocycles. The van der Waals surface area contributed by atoms with Crippen molar-refractivity contribution in [2.24, 2.45) is 11.8 Å². The zero-order valence-electron chi connectivity index (χ0n) is 9.71. The average Bonchev–Trinajstić information content (AvgIpc) is 2.46. The molecule has 2 atom stereocenters. The molecular formula is C12H25NS. The lowest BCUT2D eigenvalue weighted by molar-refractivity contribution is 0.314. The van der Waals surface area contributed by atoms with E-state index in [-0.39, 0.29) is 0 Å². The van der Waals surface area contributed by atoms with Gasteiger partial charge in [-0.05, 0) is 37.0 Å². The third-order valence-corrected chi connectivity index (χ3v) is 3.76. The molecule has 2 unspecified atom stereocenters. The summed E-state index contributed by atoms with van der Waals surface area (Å²) in [5, 5.41) is 0. The van der Waals surface area contributed by atoms with E-state index in [9.17, 15) is 0 Å². The minimum absolute atomic E-state index is 0.910. The first kappa shape index (κ1) is 12.4. The third-order valence-electron chi connectivity index (χ3n) is 3.45. The number of rotatable bonds is 6. The lowest BCUT2D eigenvalue weighted by atomic mass is 10.0. The van der Waals surface area contributed by atoms with Gasteiger partial charge >= 0.3 is 0 Å². The third kappa shape index (κ3) is 4.22. The van der Waals surface area contributed by atoms with Crippen LogP contribution in [0.15, 0.2) is 0 Å². The van der Waals surface area contributed by atoms with Crippen LogP contribution < -0.4 is 0 Å². The highest BCUT2D eigenvalue weighted by Gasteiger charge is 2.24. The Kier molecular flexibility index (Phi) is 5.95. The number of hydrogen-bond acceptors (Lipinski definition) is 2. The van der Waals surface area contributed by atoms with Crippen LogP contribution in [0.1, 0.15) is 39.5 Å². The number of unbranched alkanes of at least 4 members (excludes halogenated alkanes) is 3. The van der Waals surface area contributed by atoms with Gasteiger partial charge in [0.05, 0.1) is 0 Å². The molecule has 1 nitrogen and oxygen atoms in total. The number of hydrogen-bond donors (Lipinski definition) is 1. The molecular weight excluding hydrogens is 190 g/mol. The number of likely N-dealkylation sites (tertiary alicyclic amines) is 1. The maximum absolute atomic E-state index is 4.22. The zero-order valence-corrected chi connectivity index (χ0v) is 10.6. The summed E-state index contributed by atoms with van der Waals surface area (Å²) in [5.74, 6) is 2.87.